The van der Waals surface area contributed by atoms with E-state index in [9.17, 15) is 9.59 Å². The maximum Gasteiger partial charge on any atom is 0.229 e. The Labute approximate surface area is 149 Å². The molecule has 140 valence electrons. The van der Waals surface area contributed by atoms with Crippen LogP contribution in [0, 0.1) is 17.3 Å². The van der Waals surface area contributed by atoms with Gasteiger partial charge in [0.1, 0.15) is 0 Å². The third-order valence-electron chi connectivity index (χ3n) is 6.26. The number of fused-ring (bicyclic) bond motifs is 1. The third kappa shape index (κ3) is 3.55. The van der Waals surface area contributed by atoms with Crippen LogP contribution in [0.5, 0.6) is 0 Å². The van der Waals surface area contributed by atoms with Crippen LogP contribution in [0.4, 0.5) is 0 Å². The molecule has 7 nitrogen and oxygen atoms in total. The molecule has 25 heavy (non-hydrogen) atoms. The van der Waals surface area contributed by atoms with E-state index >= 15 is 0 Å². The summed E-state index contributed by atoms with van der Waals surface area (Å²) in [7, 11) is 0. The van der Waals surface area contributed by atoms with Crippen molar-refractivity contribution in [3.8, 4) is 0 Å². The number of carbonyl (C=O) groups is 2. The van der Waals surface area contributed by atoms with Gasteiger partial charge in [-0.05, 0) is 25.8 Å². The Morgan fingerprint density at radius 2 is 2.04 bits per heavy atom. The predicted molar refractivity (Wildman–Crippen MR) is 93.0 cm³/mol. The lowest BCUT2D eigenvalue weighted by Gasteiger charge is -2.28. The van der Waals surface area contributed by atoms with Gasteiger partial charge in [0.15, 0.2) is 0 Å². The number of amides is 2. The summed E-state index contributed by atoms with van der Waals surface area (Å²) >= 11 is 0. The molecular weight excluding hydrogens is 320 g/mol. The third-order valence-corrected chi connectivity index (χ3v) is 6.26. The highest BCUT2D eigenvalue weighted by molar-refractivity contribution is 5.87. The van der Waals surface area contributed by atoms with Crippen LogP contribution < -0.4 is 10.6 Å². The lowest BCUT2D eigenvalue weighted by atomic mass is 9.80. The van der Waals surface area contributed by atoms with E-state index in [2.05, 4.69) is 15.5 Å². The molecule has 2 amide bonds. The summed E-state index contributed by atoms with van der Waals surface area (Å²) in [6, 6.07) is 0. The molecule has 1 aliphatic carbocycles. The van der Waals surface area contributed by atoms with Crippen molar-refractivity contribution in [2.45, 2.75) is 19.3 Å². The maximum absolute atomic E-state index is 12.9. The minimum atomic E-state index is -0.413. The fourth-order valence-electron chi connectivity index (χ4n) is 4.50. The summed E-state index contributed by atoms with van der Waals surface area (Å²) in [6.07, 6.45) is 3.02. The first-order valence-electron chi connectivity index (χ1n) is 9.77. The SMILES string of the molecule is O=C(C1CC1)N1C[C@H]2CNC[C@@]2(C(=O)NCCCN2CCOCC2)C1. The van der Waals surface area contributed by atoms with E-state index in [0.717, 1.165) is 65.2 Å². The van der Waals surface area contributed by atoms with Gasteiger partial charge < -0.3 is 20.3 Å². The molecule has 0 unspecified atom stereocenters. The van der Waals surface area contributed by atoms with Gasteiger partial charge in [-0.15, -0.1) is 0 Å². The lowest BCUT2D eigenvalue weighted by Crippen LogP contribution is -2.48. The molecule has 1 saturated carbocycles. The van der Waals surface area contributed by atoms with Gasteiger partial charge >= 0.3 is 0 Å². The van der Waals surface area contributed by atoms with Gasteiger partial charge in [0.2, 0.25) is 11.8 Å². The van der Waals surface area contributed by atoms with Crippen molar-refractivity contribution in [2.75, 3.05) is 65.6 Å². The molecule has 7 heteroatoms. The molecular formula is C18H30N4O3. The first-order chi connectivity index (χ1) is 12.2. The normalized spacial score (nSPS) is 32.6. The second kappa shape index (κ2) is 7.21. The van der Waals surface area contributed by atoms with E-state index in [4.69, 9.17) is 4.74 Å². The molecule has 0 radical (unpaired) electrons. The molecule has 3 aliphatic heterocycles. The molecule has 3 heterocycles. The number of likely N-dealkylation sites (tertiary alicyclic amines) is 1. The second-order valence-corrected chi connectivity index (χ2v) is 8.04. The van der Waals surface area contributed by atoms with Crippen molar-refractivity contribution < 1.29 is 14.3 Å². The zero-order valence-electron chi connectivity index (χ0n) is 15.0. The zero-order chi connectivity index (χ0) is 17.3. The summed E-state index contributed by atoms with van der Waals surface area (Å²) in [5, 5.41) is 6.53. The molecule has 3 saturated heterocycles. The fraction of sp³-hybridized carbons (Fsp3) is 0.889. The average Bonchev–Trinajstić information content (AvgIpc) is 3.29. The Kier molecular flexibility index (Phi) is 4.97. The minimum Gasteiger partial charge on any atom is -0.379 e. The van der Waals surface area contributed by atoms with E-state index in [-0.39, 0.29) is 23.7 Å². The van der Waals surface area contributed by atoms with Gasteiger partial charge in [-0.3, -0.25) is 14.5 Å². The number of carbonyl (C=O) groups excluding carboxylic acids is 2. The monoisotopic (exact) mass is 350 g/mol. The van der Waals surface area contributed by atoms with Crippen molar-refractivity contribution in [1.29, 1.82) is 0 Å². The largest absolute Gasteiger partial charge is 0.379 e. The van der Waals surface area contributed by atoms with Gasteiger partial charge in [0, 0.05) is 57.6 Å². The Hall–Kier alpha value is -1.18. The van der Waals surface area contributed by atoms with E-state index in [1.807, 2.05) is 4.90 Å². The van der Waals surface area contributed by atoms with Gasteiger partial charge in [-0.2, -0.15) is 0 Å². The van der Waals surface area contributed by atoms with Gasteiger partial charge in [0.25, 0.3) is 0 Å². The quantitative estimate of drug-likeness (QED) is 0.619. The Balaban J connectivity index is 1.27. The van der Waals surface area contributed by atoms with Crippen LogP contribution in [0.25, 0.3) is 0 Å². The number of nitrogens with zero attached hydrogens (tertiary/aromatic N) is 2. The fourth-order valence-corrected chi connectivity index (χ4v) is 4.50. The topological polar surface area (TPSA) is 73.9 Å². The Morgan fingerprint density at radius 1 is 1.24 bits per heavy atom. The predicted octanol–water partition coefficient (Wildman–Crippen LogP) is -0.717. The van der Waals surface area contributed by atoms with Gasteiger partial charge in [0.05, 0.1) is 18.6 Å². The number of rotatable bonds is 6. The highest BCUT2D eigenvalue weighted by Gasteiger charge is 2.56. The van der Waals surface area contributed by atoms with Crippen LogP contribution in [-0.2, 0) is 14.3 Å². The standard InChI is InChI=1S/C18H30N4O3/c23-16(14-2-3-14)22-11-15-10-19-12-18(15,13-22)17(24)20-4-1-5-21-6-8-25-9-7-21/h14-15,19H,1-13H2,(H,20,24)/t15-,18-/m1/s1. The van der Waals surface area contributed by atoms with Crippen LogP contribution in [-0.4, -0.2) is 87.2 Å². The first kappa shape index (κ1) is 17.2. The first-order valence-corrected chi connectivity index (χ1v) is 9.77. The number of morpholine rings is 1. The van der Waals surface area contributed by atoms with Crippen molar-refractivity contribution >= 4 is 11.8 Å². The molecule has 4 fully saturated rings. The molecule has 0 aromatic heterocycles. The number of hydrogen-bond acceptors (Lipinski definition) is 5. The molecule has 0 spiro atoms. The lowest BCUT2D eigenvalue weighted by molar-refractivity contribution is -0.133. The summed E-state index contributed by atoms with van der Waals surface area (Å²) in [5.41, 5.74) is -0.413. The van der Waals surface area contributed by atoms with E-state index < -0.39 is 5.41 Å². The van der Waals surface area contributed by atoms with E-state index in [0.29, 0.717) is 19.6 Å². The molecule has 0 aromatic carbocycles. The Bertz CT molecular complexity index is 518. The molecule has 4 aliphatic rings. The number of nitrogens with one attached hydrogen (secondary N) is 2. The van der Waals surface area contributed by atoms with Crippen LogP contribution >= 0.6 is 0 Å². The summed E-state index contributed by atoms with van der Waals surface area (Å²) in [4.78, 5) is 29.7. The number of hydrogen-bond donors (Lipinski definition) is 2. The summed E-state index contributed by atoms with van der Waals surface area (Å²) < 4.78 is 5.36. The van der Waals surface area contributed by atoms with E-state index in [1.165, 1.54) is 0 Å². The van der Waals surface area contributed by atoms with Gasteiger partial charge in [-0.1, -0.05) is 0 Å². The maximum atomic E-state index is 12.9. The zero-order valence-corrected chi connectivity index (χ0v) is 15.0. The minimum absolute atomic E-state index is 0.135. The molecule has 0 bridgehead atoms. The highest BCUT2D eigenvalue weighted by Crippen LogP contribution is 2.42. The molecule has 2 atom stereocenters. The molecule has 2 N–H and O–H groups in total. The highest BCUT2D eigenvalue weighted by atomic mass is 16.5. The van der Waals surface area contributed by atoms with Gasteiger partial charge in [-0.25, -0.2) is 0 Å². The smallest absolute Gasteiger partial charge is 0.229 e. The van der Waals surface area contributed by atoms with Crippen molar-refractivity contribution in [3.63, 3.8) is 0 Å². The average molecular weight is 350 g/mol. The van der Waals surface area contributed by atoms with Crippen LogP contribution in [0.1, 0.15) is 19.3 Å². The van der Waals surface area contributed by atoms with Crippen LogP contribution in [0.2, 0.25) is 0 Å². The second-order valence-electron chi connectivity index (χ2n) is 8.04. The molecule has 4 rings (SSSR count). The number of ether oxygens (including phenoxy) is 1. The van der Waals surface area contributed by atoms with Crippen molar-refractivity contribution in [2.24, 2.45) is 17.3 Å². The Morgan fingerprint density at radius 3 is 2.80 bits per heavy atom. The van der Waals surface area contributed by atoms with Crippen molar-refractivity contribution in [3.05, 3.63) is 0 Å². The summed E-state index contributed by atoms with van der Waals surface area (Å²) in [5.74, 6) is 0.902. The summed E-state index contributed by atoms with van der Waals surface area (Å²) in [6.45, 7) is 8.19. The van der Waals surface area contributed by atoms with E-state index in [1.54, 1.807) is 0 Å². The van der Waals surface area contributed by atoms with Crippen molar-refractivity contribution in [1.82, 2.24) is 20.4 Å². The molecule has 0 aromatic rings. The van der Waals surface area contributed by atoms with Crippen LogP contribution in [0.3, 0.4) is 0 Å². The van der Waals surface area contributed by atoms with Crippen LogP contribution in [0.15, 0.2) is 0 Å².